The molecular formula is C40H61FN4. The summed E-state index contributed by atoms with van der Waals surface area (Å²) >= 11 is 0. The molecule has 0 atom stereocenters. The van der Waals surface area contributed by atoms with Crippen LogP contribution in [0.2, 0.25) is 0 Å². The van der Waals surface area contributed by atoms with E-state index in [1.54, 1.807) is 6.07 Å². The monoisotopic (exact) mass is 616 g/mol. The van der Waals surface area contributed by atoms with Crippen molar-refractivity contribution in [1.29, 1.82) is 0 Å². The summed E-state index contributed by atoms with van der Waals surface area (Å²) in [6.07, 6.45) is 4.02. The fraction of sp³-hybridized carbons (Fsp3) is 0.400. The fourth-order valence-corrected chi connectivity index (χ4v) is 3.61. The van der Waals surface area contributed by atoms with Crippen LogP contribution in [-0.4, -0.2) is 25.5 Å². The van der Waals surface area contributed by atoms with E-state index in [2.05, 4.69) is 91.0 Å². The second-order valence-corrected chi connectivity index (χ2v) is 9.56. The highest BCUT2D eigenvalue weighted by molar-refractivity contribution is 6.10. The van der Waals surface area contributed by atoms with Crippen LogP contribution in [-0.2, 0) is 6.54 Å². The van der Waals surface area contributed by atoms with Gasteiger partial charge in [-0.1, -0.05) is 84.0 Å². The van der Waals surface area contributed by atoms with Gasteiger partial charge in [0.05, 0.1) is 5.71 Å². The van der Waals surface area contributed by atoms with Gasteiger partial charge in [0.2, 0.25) is 0 Å². The van der Waals surface area contributed by atoms with Crippen LogP contribution < -0.4 is 10.6 Å². The van der Waals surface area contributed by atoms with E-state index in [0.29, 0.717) is 0 Å². The van der Waals surface area contributed by atoms with E-state index in [0.717, 1.165) is 58.1 Å². The van der Waals surface area contributed by atoms with Crippen molar-refractivity contribution in [3.8, 4) is 0 Å². The number of benzene rings is 3. The molecule has 0 saturated heterocycles. The Labute approximate surface area is 275 Å². The molecule has 0 heterocycles. The Morgan fingerprint density at radius 1 is 0.778 bits per heavy atom. The number of nitrogens with zero attached hydrogens (tertiary/aromatic N) is 2. The molecule has 0 fully saturated rings. The van der Waals surface area contributed by atoms with Crippen LogP contribution in [0.15, 0.2) is 99.8 Å². The Morgan fingerprint density at radius 2 is 1.38 bits per heavy atom. The maximum absolute atomic E-state index is 12.3. The van der Waals surface area contributed by atoms with Crippen molar-refractivity contribution in [2.75, 3.05) is 18.9 Å². The molecule has 0 radical (unpaired) electrons. The van der Waals surface area contributed by atoms with Crippen molar-refractivity contribution >= 4 is 17.6 Å². The average molecular weight is 617 g/mol. The first kappa shape index (κ1) is 43.1. The van der Waals surface area contributed by atoms with Crippen LogP contribution in [0.1, 0.15) is 97.1 Å². The molecule has 248 valence electrons. The summed E-state index contributed by atoms with van der Waals surface area (Å²) in [5.41, 5.74) is 10.9. The lowest BCUT2D eigenvalue weighted by molar-refractivity contribution is 0.626. The Balaban J connectivity index is 0. The summed E-state index contributed by atoms with van der Waals surface area (Å²) in [6.45, 7) is 27.7. The molecule has 4 nitrogen and oxygen atoms in total. The van der Waals surface area contributed by atoms with Gasteiger partial charge < -0.3 is 10.6 Å². The van der Waals surface area contributed by atoms with Crippen LogP contribution in [0, 0.1) is 26.6 Å². The molecule has 3 aromatic carbocycles. The molecule has 3 aromatic rings. The minimum Gasteiger partial charge on any atom is -0.388 e. The van der Waals surface area contributed by atoms with E-state index >= 15 is 0 Å². The third-order valence-corrected chi connectivity index (χ3v) is 6.38. The number of nitrogens with one attached hydrogen (secondary N) is 2. The van der Waals surface area contributed by atoms with E-state index in [9.17, 15) is 4.39 Å². The number of rotatable bonds is 9. The van der Waals surface area contributed by atoms with Crippen LogP contribution in [0.3, 0.4) is 0 Å². The number of hydrogen-bond acceptors (Lipinski definition) is 4. The second kappa shape index (κ2) is 26.4. The number of hydrogen-bond donors (Lipinski definition) is 2. The molecule has 0 aliphatic rings. The third-order valence-electron chi connectivity index (χ3n) is 6.38. The Morgan fingerprint density at radius 3 is 1.89 bits per heavy atom. The molecule has 0 saturated carbocycles. The molecule has 5 heteroatoms. The standard InChI is InChI=1S/C26H34N4.C8H9F.3C2H6/c1-7-28-17-20(3)22(5)30-26(25-11-9-8-10-19(25)2)16-21(4)29-18-23-12-14-24(27-6)15-13-23;1-6-3-4-8(9)5-7(6)2;3*1-2/h8-17,27,29H,7,18H2,1-6H3;3-5H,1-2H3;3*1-2H3/b21-16+,22-20+,28-17?,30-26-;;;;. The predicted molar refractivity (Wildman–Crippen MR) is 202 cm³/mol. The van der Waals surface area contributed by atoms with Gasteiger partial charge in [-0.05, 0) is 107 Å². The van der Waals surface area contributed by atoms with Gasteiger partial charge in [-0.2, -0.15) is 0 Å². The van der Waals surface area contributed by atoms with Crippen LogP contribution in [0.25, 0.3) is 0 Å². The topological polar surface area (TPSA) is 48.8 Å². The summed E-state index contributed by atoms with van der Waals surface area (Å²) in [7, 11) is 1.93. The van der Waals surface area contributed by atoms with Gasteiger partial charge >= 0.3 is 0 Å². The highest BCUT2D eigenvalue weighted by atomic mass is 19.1. The molecule has 0 bridgehead atoms. The molecule has 0 unspecified atom stereocenters. The van der Waals surface area contributed by atoms with Crippen molar-refractivity contribution in [3.63, 3.8) is 0 Å². The van der Waals surface area contributed by atoms with Gasteiger partial charge in [0.1, 0.15) is 5.82 Å². The zero-order valence-corrected chi connectivity index (χ0v) is 30.7. The van der Waals surface area contributed by atoms with Crippen molar-refractivity contribution in [2.45, 2.75) is 96.6 Å². The van der Waals surface area contributed by atoms with E-state index in [4.69, 9.17) is 4.99 Å². The molecular weight excluding hydrogens is 555 g/mol. The van der Waals surface area contributed by atoms with Crippen molar-refractivity contribution in [1.82, 2.24) is 5.32 Å². The normalized spacial score (nSPS) is 11.3. The third kappa shape index (κ3) is 17.8. The lowest BCUT2D eigenvalue weighted by Gasteiger charge is -2.11. The minimum atomic E-state index is -0.155. The van der Waals surface area contributed by atoms with E-state index in [1.807, 2.05) is 82.5 Å². The molecule has 0 spiro atoms. The zero-order valence-electron chi connectivity index (χ0n) is 30.7. The summed E-state index contributed by atoms with van der Waals surface area (Å²) in [4.78, 5) is 9.30. The van der Waals surface area contributed by atoms with Crippen LogP contribution >= 0.6 is 0 Å². The van der Waals surface area contributed by atoms with Crippen LogP contribution in [0.4, 0.5) is 10.1 Å². The molecule has 0 aliphatic heterocycles. The molecule has 45 heavy (non-hydrogen) atoms. The summed E-state index contributed by atoms with van der Waals surface area (Å²) in [6, 6.07) is 21.6. The average Bonchev–Trinajstić information content (AvgIpc) is 3.07. The maximum Gasteiger partial charge on any atom is 0.123 e. The van der Waals surface area contributed by atoms with Gasteiger partial charge in [0.15, 0.2) is 0 Å². The first-order valence-electron chi connectivity index (χ1n) is 16.4. The van der Waals surface area contributed by atoms with Gasteiger partial charge in [0, 0.05) is 49.0 Å². The van der Waals surface area contributed by atoms with E-state index < -0.39 is 0 Å². The zero-order chi connectivity index (χ0) is 34.8. The van der Waals surface area contributed by atoms with Crippen LogP contribution in [0.5, 0.6) is 0 Å². The largest absolute Gasteiger partial charge is 0.388 e. The number of halogens is 1. The van der Waals surface area contributed by atoms with Crippen molar-refractivity contribution in [2.24, 2.45) is 9.98 Å². The first-order valence-corrected chi connectivity index (χ1v) is 16.4. The summed E-state index contributed by atoms with van der Waals surface area (Å²) < 4.78 is 12.3. The van der Waals surface area contributed by atoms with Gasteiger partial charge in [0.25, 0.3) is 0 Å². The first-order chi connectivity index (χ1) is 21.6. The van der Waals surface area contributed by atoms with Crippen molar-refractivity contribution in [3.05, 3.63) is 123 Å². The molecule has 0 amide bonds. The smallest absolute Gasteiger partial charge is 0.123 e. The highest BCUT2D eigenvalue weighted by Gasteiger charge is 2.06. The van der Waals surface area contributed by atoms with E-state index in [1.165, 1.54) is 23.3 Å². The van der Waals surface area contributed by atoms with Gasteiger partial charge in [-0.3, -0.25) is 9.98 Å². The minimum absolute atomic E-state index is 0.155. The second-order valence-electron chi connectivity index (χ2n) is 9.56. The molecule has 0 aromatic heterocycles. The number of aryl methyl sites for hydroxylation is 3. The Kier molecular flexibility index (Phi) is 25.3. The number of anilines is 1. The molecule has 2 N–H and O–H groups in total. The van der Waals surface area contributed by atoms with Crippen molar-refractivity contribution < 1.29 is 4.39 Å². The Bertz CT molecular complexity index is 1330. The summed E-state index contributed by atoms with van der Waals surface area (Å²) in [5, 5.41) is 6.66. The highest BCUT2D eigenvalue weighted by Crippen LogP contribution is 2.15. The SMILES string of the molecule is CC.CC.CC.CCN=C/C(C)=C(C)/N=C(/C=C(\C)NCc1ccc(NC)cc1)c1ccccc1C.Cc1ccc(F)cc1C. The fourth-order valence-electron chi connectivity index (χ4n) is 3.61. The maximum atomic E-state index is 12.3. The number of aliphatic imine (C=N–C) groups is 2. The van der Waals surface area contributed by atoms with E-state index in [-0.39, 0.29) is 5.82 Å². The lowest BCUT2D eigenvalue weighted by atomic mass is 10.0. The predicted octanol–water partition coefficient (Wildman–Crippen LogP) is 11.4. The Hall–Kier alpha value is -3.99. The van der Waals surface area contributed by atoms with Gasteiger partial charge in [-0.25, -0.2) is 4.39 Å². The lowest BCUT2D eigenvalue weighted by Crippen LogP contribution is -2.13. The quantitative estimate of drug-likeness (QED) is 0.235. The summed E-state index contributed by atoms with van der Waals surface area (Å²) in [5.74, 6) is -0.155. The molecule has 3 rings (SSSR count). The van der Waals surface area contributed by atoms with Gasteiger partial charge in [-0.15, -0.1) is 0 Å². The number of allylic oxidation sites excluding steroid dienone is 4. The molecule has 0 aliphatic carbocycles.